The number of esters is 1. The van der Waals surface area contributed by atoms with Crippen LogP contribution in [0.1, 0.15) is 25.7 Å². The van der Waals surface area contributed by atoms with Gasteiger partial charge in [0.1, 0.15) is 0 Å². The first kappa shape index (κ1) is 17.8. The van der Waals surface area contributed by atoms with Crippen LogP contribution in [0.3, 0.4) is 0 Å². The third-order valence-corrected chi connectivity index (χ3v) is 4.51. The number of ether oxygens (including phenoxy) is 1. The van der Waals surface area contributed by atoms with Gasteiger partial charge < -0.3 is 10.1 Å². The summed E-state index contributed by atoms with van der Waals surface area (Å²) in [5.74, 6) is -0.475. The number of hydrogen-bond donors (Lipinski definition) is 1. The molecular formula is C16H18ClNO4S. The van der Waals surface area contributed by atoms with Crippen molar-refractivity contribution in [1.29, 1.82) is 0 Å². The summed E-state index contributed by atoms with van der Waals surface area (Å²) in [7, 11) is 0. The molecule has 1 aliphatic rings. The summed E-state index contributed by atoms with van der Waals surface area (Å²) in [6.45, 7) is 0. The van der Waals surface area contributed by atoms with Crippen LogP contribution in [0.25, 0.3) is 0 Å². The van der Waals surface area contributed by atoms with Crippen molar-refractivity contribution in [3.05, 3.63) is 29.3 Å². The fraction of sp³-hybridized carbons (Fsp3) is 0.438. The maximum atomic E-state index is 11.7. The number of rotatable bonds is 6. The molecule has 1 aromatic carbocycles. The van der Waals surface area contributed by atoms with Gasteiger partial charge in [-0.3, -0.25) is 14.4 Å². The minimum absolute atomic E-state index is 0.00455. The van der Waals surface area contributed by atoms with E-state index < -0.39 is 12.1 Å². The summed E-state index contributed by atoms with van der Waals surface area (Å²) in [5, 5.41) is 3.30. The summed E-state index contributed by atoms with van der Waals surface area (Å²) in [5.41, 5.74) is 0.648. The van der Waals surface area contributed by atoms with Gasteiger partial charge in [-0.1, -0.05) is 11.6 Å². The molecule has 0 saturated heterocycles. The quantitative estimate of drug-likeness (QED) is 0.794. The molecule has 124 valence electrons. The second kappa shape index (κ2) is 8.93. The lowest BCUT2D eigenvalue weighted by Crippen LogP contribution is -2.30. The van der Waals surface area contributed by atoms with Gasteiger partial charge in [0.2, 0.25) is 5.91 Å². The van der Waals surface area contributed by atoms with Crippen LogP contribution in [0.5, 0.6) is 0 Å². The summed E-state index contributed by atoms with van der Waals surface area (Å²) >= 11 is 6.92. The lowest BCUT2D eigenvalue weighted by atomic mass is 9.96. The maximum Gasteiger partial charge on any atom is 0.316 e. The number of hydrogen-bond acceptors (Lipinski definition) is 5. The Labute approximate surface area is 144 Å². The average molecular weight is 356 g/mol. The monoisotopic (exact) mass is 355 g/mol. The molecule has 0 unspecified atom stereocenters. The van der Waals surface area contributed by atoms with Crippen LogP contribution in [0, 0.1) is 0 Å². The minimum atomic E-state index is -0.597. The number of carbonyl (C=O) groups is 3. The Kier molecular flexibility index (Phi) is 6.92. The lowest BCUT2D eigenvalue weighted by Gasteiger charge is -2.20. The number of halogens is 1. The van der Waals surface area contributed by atoms with Crippen molar-refractivity contribution in [2.45, 2.75) is 31.8 Å². The van der Waals surface area contributed by atoms with Crippen molar-refractivity contribution >= 4 is 46.7 Å². The number of benzene rings is 1. The predicted molar refractivity (Wildman–Crippen MR) is 90.8 cm³/mol. The van der Waals surface area contributed by atoms with E-state index in [0.717, 1.165) is 24.6 Å². The molecule has 1 aromatic rings. The normalized spacial score (nSPS) is 17.6. The fourth-order valence-electron chi connectivity index (χ4n) is 2.23. The topological polar surface area (TPSA) is 72.5 Å². The van der Waals surface area contributed by atoms with Crippen molar-refractivity contribution in [2.75, 3.05) is 16.8 Å². The molecule has 0 radical (unpaired) electrons. The van der Waals surface area contributed by atoms with E-state index in [1.807, 2.05) is 0 Å². The summed E-state index contributed by atoms with van der Waals surface area (Å²) in [6.07, 6.45) is 2.26. The molecular weight excluding hydrogens is 338 g/mol. The van der Waals surface area contributed by atoms with Gasteiger partial charge in [0.15, 0.2) is 11.9 Å². The molecule has 0 bridgehead atoms. The Bertz CT molecular complexity index is 576. The van der Waals surface area contributed by atoms with Crippen LogP contribution in [0.2, 0.25) is 5.02 Å². The number of Topliss-reactive ketones (excluding diaryl/α,β-unsaturated/α-hetero) is 1. The van der Waals surface area contributed by atoms with Gasteiger partial charge in [-0.05, 0) is 43.5 Å². The largest absolute Gasteiger partial charge is 0.454 e. The lowest BCUT2D eigenvalue weighted by molar-refractivity contribution is -0.154. The molecule has 1 aliphatic carbocycles. The first-order valence-corrected chi connectivity index (χ1v) is 8.93. The Morgan fingerprint density at radius 1 is 1.22 bits per heavy atom. The molecule has 2 rings (SSSR count). The highest BCUT2D eigenvalue weighted by Crippen LogP contribution is 2.18. The first-order chi connectivity index (χ1) is 11.0. The second-order valence-corrected chi connectivity index (χ2v) is 6.66. The molecule has 5 nitrogen and oxygen atoms in total. The number of carbonyl (C=O) groups excluding carboxylic acids is 3. The molecule has 0 spiro atoms. The van der Waals surface area contributed by atoms with Crippen molar-refractivity contribution in [1.82, 2.24) is 0 Å². The average Bonchev–Trinajstić information content (AvgIpc) is 2.52. The number of anilines is 1. The van der Waals surface area contributed by atoms with Crippen molar-refractivity contribution in [2.24, 2.45) is 0 Å². The van der Waals surface area contributed by atoms with Gasteiger partial charge in [-0.15, -0.1) is 11.8 Å². The molecule has 7 heteroatoms. The van der Waals surface area contributed by atoms with Gasteiger partial charge >= 0.3 is 5.97 Å². The molecule has 0 heterocycles. The van der Waals surface area contributed by atoms with Crippen molar-refractivity contribution in [3.8, 4) is 0 Å². The molecule has 23 heavy (non-hydrogen) atoms. The molecule has 0 aromatic heterocycles. The third-order valence-electron chi connectivity index (χ3n) is 3.35. The maximum absolute atomic E-state index is 11.7. The highest BCUT2D eigenvalue weighted by atomic mass is 35.5. The Morgan fingerprint density at radius 2 is 1.96 bits per heavy atom. The highest BCUT2D eigenvalue weighted by molar-refractivity contribution is 8.00. The zero-order chi connectivity index (χ0) is 16.7. The highest BCUT2D eigenvalue weighted by Gasteiger charge is 2.25. The van der Waals surface area contributed by atoms with Crippen LogP contribution < -0.4 is 5.32 Å². The smallest absolute Gasteiger partial charge is 0.316 e. The number of ketones is 1. The van der Waals surface area contributed by atoms with Crippen molar-refractivity contribution in [3.63, 3.8) is 0 Å². The van der Waals surface area contributed by atoms with Gasteiger partial charge in [0.25, 0.3) is 0 Å². The van der Waals surface area contributed by atoms with Gasteiger partial charge in [-0.2, -0.15) is 0 Å². The predicted octanol–water partition coefficient (Wildman–Crippen LogP) is 3.07. The number of amides is 1. The van der Waals surface area contributed by atoms with Gasteiger partial charge in [-0.25, -0.2) is 0 Å². The zero-order valence-corrected chi connectivity index (χ0v) is 14.1. The summed E-state index contributed by atoms with van der Waals surface area (Å²) in [6, 6.07) is 6.77. The number of nitrogens with one attached hydrogen (secondary N) is 1. The minimum Gasteiger partial charge on any atom is -0.454 e. The van der Waals surface area contributed by atoms with E-state index in [0.29, 0.717) is 23.6 Å². The molecule has 0 aliphatic heterocycles. The number of thioether (sulfide) groups is 1. The zero-order valence-electron chi connectivity index (χ0n) is 12.5. The second-order valence-electron chi connectivity index (χ2n) is 5.24. The van der Waals surface area contributed by atoms with Gasteiger partial charge in [0.05, 0.1) is 11.5 Å². The molecule has 1 saturated carbocycles. The van der Waals surface area contributed by atoms with Crippen molar-refractivity contribution < 1.29 is 19.1 Å². The molecule has 1 N–H and O–H groups in total. The third kappa shape index (κ3) is 6.23. The van der Waals surface area contributed by atoms with E-state index in [4.69, 9.17) is 16.3 Å². The summed E-state index contributed by atoms with van der Waals surface area (Å²) in [4.78, 5) is 35.0. The van der Waals surface area contributed by atoms with E-state index >= 15 is 0 Å². The Balaban J connectivity index is 1.65. The Morgan fingerprint density at radius 3 is 2.65 bits per heavy atom. The van der Waals surface area contributed by atoms with E-state index in [-0.39, 0.29) is 23.2 Å². The van der Waals surface area contributed by atoms with Crippen LogP contribution in [-0.4, -0.2) is 35.3 Å². The van der Waals surface area contributed by atoms with Crippen LogP contribution in [-0.2, 0) is 19.1 Å². The standard InChI is InChI=1S/C16H18ClNO4S/c17-11-5-7-12(8-6-11)18-15(20)9-23-10-16(21)22-14-4-2-1-3-13(14)19/h5-8,14H,1-4,9-10H2,(H,18,20)/t14-/m1/s1. The Hall–Kier alpha value is -1.53. The first-order valence-electron chi connectivity index (χ1n) is 7.40. The SMILES string of the molecule is O=C(CSCC(=O)O[C@@H]1CCCCC1=O)Nc1ccc(Cl)cc1. The molecule has 1 atom stereocenters. The molecule has 1 fully saturated rings. The van der Waals surface area contributed by atoms with E-state index in [1.54, 1.807) is 24.3 Å². The van der Waals surface area contributed by atoms with Crippen LogP contribution >= 0.6 is 23.4 Å². The van der Waals surface area contributed by atoms with Crippen LogP contribution in [0.4, 0.5) is 5.69 Å². The molecule has 1 amide bonds. The summed E-state index contributed by atoms with van der Waals surface area (Å²) < 4.78 is 5.16. The fourth-order valence-corrected chi connectivity index (χ4v) is 2.95. The van der Waals surface area contributed by atoms with E-state index in [2.05, 4.69) is 5.32 Å². The van der Waals surface area contributed by atoms with E-state index in [1.165, 1.54) is 0 Å². The van der Waals surface area contributed by atoms with Gasteiger partial charge in [0, 0.05) is 17.1 Å². The van der Waals surface area contributed by atoms with E-state index in [9.17, 15) is 14.4 Å². The van der Waals surface area contributed by atoms with Crippen LogP contribution in [0.15, 0.2) is 24.3 Å².